The van der Waals surface area contributed by atoms with Crippen LogP contribution in [0.25, 0.3) is 21.7 Å². The quantitative estimate of drug-likeness (QED) is 0.534. The van der Waals surface area contributed by atoms with Crippen LogP contribution in [0.4, 0.5) is 0 Å². The molecule has 0 spiro atoms. The maximum absolute atomic E-state index is 13.2. The average Bonchev–Trinajstić information content (AvgIpc) is 3.43. The highest BCUT2D eigenvalue weighted by Gasteiger charge is 2.32. The van der Waals surface area contributed by atoms with E-state index in [2.05, 4.69) is 58.4 Å². The number of rotatable bonds is 5. The maximum atomic E-state index is 13.2. The molecule has 1 saturated carbocycles. The standard InChI is InChI=1S/C24H22N2O/c27-24(15-20-6-3-5-18-4-1-2-7-22(18)20)26(21-10-11-21)16-17-8-9-19-12-13-25-23(19)14-17/h1-9,12-14,21,25H,10-11,15-16H2. The molecule has 0 aliphatic heterocycles. The fraction of sp³-hybridized carbons (Fsp3) is 0.208. The molecular formula is C24H22N2O. The highest BCUT2D eigenvalue weighted by atomic mass is 16.2. The average molecular weight is 354 g/mol. The molecular weight excluding hydrogens is 332 g/mol. The molecule has 0 radical (unpaired) electrons. The fourth-order valence-electron chi connectivity index (χ4n) is 3.91. The molecule has 1 aromatic heterocycles. The van der Waals surface area contributed by atoms with E-state index in [4.69, 9.17) is 0 Å². The van der Waals surface area contributed by atoms with Gasteiger partial charge in [0.2, 0.25) is 5.91 Å². The number of hydrogen-bond donors (Lipinski definition) is 1. The zero-order chi connectivity index (χ0) is 18.2. The Hall–Kier alpha value is -3.07. The Morgan fingerprint density at radius 2 is 1.81 bits per heavy atom. The zero-order valence-electron chi connectivity index (χ0n) is 15.2. The first-order valence-corrected chi connectivity index (χ1v) is 9.60. The number of carbonyl (C=O) groups is 1. The summed E-state index contributed by atoms with van der Waals surface area (Å²) < 4.78 is 0. The van der Waals surface area contributed by atoms with E-state index in [0.717, 1.165) is 23.9 Å². The molecule has 1 heterocycles. The third kappa shape index (κ3) is 3.21. The van der Waals surface area contributed by atoms with Crippen molar-refractivity contribution in [2.45, 2.75) is 31.8 Å². The minimum absolute atomic E-state index is 0.223. The van der Waals surface area contributed by atoms with Gasteiger partial charge in [-0.15, -0.1) is 0 Å². The van der Waals surface area contributed by atoms with Gasteiger partial charge in [-0.05, 0) is 52.3 Å². The second kappa shape index (κ2) is 6.58. The number of benzene rings is 3. The van der Waals surface area contributed by atoms with E-state index >= 15 is 0 Å². The summed E-state index contributed by atoms with van der Waals surface area (Å²) in [5.74, 6) is 0.223. The number of aromatic nitrogens is 1. The van der Waals surface area contributed by atoms with E-state index in [1.54, 1.807) is 0 Å². The van der Waals surface area contributed by atoms with Crippen molar-refractivity contribution >= 4 is 27.6 Å². The summed E-state index contributed by atoms with van der Waals surface area (Å²) in [5.41, 5.74) is 3.43. The lowest BCUT2D eigenvalue weighted by atomic mass is 10.0. The predicted octanol–water partition coefficient (Wildman–Crippen LogP) is 5.05. The first-order valence-electron chi connectivity index (χ1n) is 9.60. The Morgan fingerprint density at radius 3 is 2.70 bits per heavy atom. The molecule has 0 saturated heterocycles. The van der Waals surface area contributed by atoms with Crippen molar-refractivity contribution in [3.05, 3.63) is 84.1 Å². The third-order valence-electron chi connectivity index (χ3n) is 5.50. The summed E-state index contributed by atoms with van der Waals surface area (Å²) in [5, 5.41) is 3.58. The van der Waals surface area contributed by atoms with Gasteiger partial charge in [-0.3, -0.25) is 4.79 Å². The second-order valence-corrected chi connectivity index (χ2v) is 7.47. The number of carbonyl (C=O) groups excluding carboxylic acids is 1. The van der Waals surface area contributed by atoms with Crippen LogP contribution in [0.3, 0.4) is 0 Å². The molecule has 134 valence electrons. The first kappa shape index (κ1) is 16.1. The lowest BCUT2D eigenvalue weighted by Crippen LogP contribution is -2.33. The predicted molar refractivity (Wildman–Crippen MR) is 110 cm³/mol. The lowest BCUT2D eigenvalue weighted by molar-refractivity contribution is -0.131. The Bertz CT molecular complexity index is 1120. The number of aromatic amines is 1. The van der Waals surface area contributed by atoms with Gasteiger partial charge in [0, 0.05) is 24.3 Å². The van der Waals surface area contributed by atoms with E-state index in [-0.39, 0.29) is 5.91 Å². The molecule has 1 N–H and O–H groups in total. The molecule has 1 fully saturated rings. The summed E-state index contributed by atoms with van der Waals surface area (Å²) in [7, 11) is 0. The summed E-state index contributed by atoms with van der Waals surface area (Å²) in [6.07, 6.45) is 4.65. The SMILES string of the molecule is O=C(Cc1cccc2ccccc12)N(Cc1ccc2cc[nH]c2c1)C1CC1. The topological polar surface area (TPSA) is 36.1 Å². The summed E-state index contributed by atoms with van der Waals surface area (Å²) in [6, 6.07) is 23.4. The van der Waals surface area contributed by atoms with Gasteiger partial charge in [0.1, 0.15) is 0 Å². The Kier molecular flexibility index (Phi) is 3.93. The Labute approximate surface area is 158 Å². The van der Waals surface area contributed by atoms with Gasteiger partial charge in [-0.25, -0.2) is 0 Å². The van der Waals surface area contributed by atoms with Crippen molar-refractivity contribution in [1.82, 2.24) is 9.88 Å². The number of hydrogen-bond acceptors (Lipinski definition) is 1. The van der Waals surface area contributed by atoms with E-state index in [1.165, 1.54) is 21.7 Å². The molecule has 3 heteroatoms. The van der Waals surface area contributed by atoms with Crippen LogP contribution in [0.1, 0.15) is 24.0 Å². The number of amides is 1. The molecule has 4 aromatic rings. The number of nitrogens with zero attached hydrogens (tertiary/aromatic N) is 1. The Morgan fingerprint density at radius 1 is 0.963 bits per heavy atom. The van der Waals surface area contributed by atoms with E-state index in [9.17, 15) is 4.79 Å². The number of H-pyrrole nitrogens is 1. The van der Waals surface area contributed by atoms with Crippen LogP contribution in [0.2, 0.25) is 0 Å². The first-order chi connectivity index (χ1) is 13.3. The van der Waals surface area contributed by atoms with Crippen molar-refractivity contribution in [1.29, 1.82) is 0 Å². The molecule has 3 aromatic carbocycles. The fourth-order valence-corrected chi connectivity index (χ4v) is 3.91. The van der Waals surface area contributed by atoms with Gasteiger partial charge in [-0.2, -0.15) is 0 Å². The summed E-state index contributed by atoms with van der Waals surface area (Å²) in [6.45, 7) is 0.684. The number of nitrogens with one attached hydrogen (secondary N) is 1. The second-order valence-electron chi connectivity index (χ2n) is 7.47. The molecule has 1 aliphatic rings. The molecule has 0 atom stereocenters. The third-order valence-corrected chi connectivity index (χ3v) is 5.50. The van der Waals surface area contributed by atoms with Crippen LogP contribution in [0.15, 0.2) is 72.9 Å². The highest BCUT2D eigenvalue weighted by Crippen LogP contribution is 2.30. The van der Waals surface area contributed by atoms with Crippen LogP contribution in [0.5, 0.6) is 0 Å². The highest BCUT2D eigenvalue weighted by molar-refractivity contribution is 5.90. The largest absolute Gasteiger partial charge is 0.361 e. The normalized spacial score (nSPS) is 13.9. The van der Waals surface area contributed by atoms with E-state index < -0.39 is 0 Å². The van der Waals surface area contributed by atoms with Crippen molar-refractivity contribution in [3.63, 3.8) is 0 Å². The summed E-state index contributed by atoms with van der Waals surface area (Å²) in [4.78, 5) is 18.5. The van der Waals surface area contributed by atoms with Crippen LogP contribution in [-0.4, -0.2) is 21.8 Å². The summed E-state index contributed by atoms with van der Waals surface area (Å²) >= 11 is 0. The monoisotopic (exact) mass is 354 g/mol. The smallest absolute Gasteiger partial charge is 0.227 e. The van der Waals surface area contributed by atoms with Gasteiger partial charge in [0.05, 0.1) is 6.42 Å². The van der Waals surface area contributed by atoms with Crippen molar-refractivity contribution in [2.24, 2.45) is 0 Å². The molecule has 1 aliphatic carbocycles. The molecule has 3 nitrogen and oxygen atoms in total. The lowest BCUT2D eigenvalue weighted by Gasteiger charge is -2.23. The van der Waals surface area contributed by atoms with Gasteiger partial charge in [0.15, 0.2) is 0 Å². The minimum Gasteiger partial charge on any atom is -0.361 e. The molecule has 1 amide bonds. The Balaban J connectivity index is 1.40. The molecule has 27 heavy (non-hydrogen) atoms. The van der Waals surface area contributed by atoms with Crippen molar-refractivity contribution < 1.29 is 4.79 Å². The van der Waals surface area contributed by atoms with Crippen LogP contribution >= 0.6 is 0 Å². The van der Waals surface area contributed by atoms with Crippen LogP contribution in [-0.2, 0) is 17.8 Å². The molecule has 5 rings (SSSR count). The van der Waals surface area contributed by atoms with Crippen LogP contribution < -0.4 is 0 Å². The van der Waals surface area contributed by atoms with Gasteiger partial charge in [0.25, 0.3) is 0 Å². The van der Waals surface area contributed by atoms with Gasteiger partial charge >= 0.3 is 0 Å². The molecule has 0 bridgehead atoms. The van der Waals surface area contributed by atoms with Crippen molar-refractivity contribution in [2.75, 3.05) is 0 Å². The van der Waals surface area contributed by atoms with Crippen LogP contribution in [0, 0.1) is 0 Å². The maximum Gasteiger partial charge on any atom is 0.227 e. The minimum atomic E-state index is 0.223. The zero-order valence-corrected chi connectivity index (χ0v) is 15.2. The van der Waals surface area contributed by atoms with E-state index in [1.807, 2.05) is 24.4 Å². The van der Waals surface area contributed by atoms with Gasteiger partial charge < -0.3 is 9.88 Å². The van der Waals surface area contributed by atoms with Gasteiger partial charge in [-0.1, -0.05) is 54.6 Å². The molecule has 0 unspecified atom stereocenters. The van der Waals surface area contributed by atoms with Crippen molar-refractivity contribution in [3.8, 4) is 0 Å². The van der Waals surface area contributed by atoms with E-state index in [0.29, 0.717) is 19.0 Å². The number of fused-ring (bicyclic) bond motifs is 2.